The normalized spacial score (nSPS) is 21.4. The first kappa shape index (κ1) is 13.8. The second-order valence-corrected chi connectivity index (χ2v) is 4.21. The monoisotopic (exact) mass is 282 g/mol. The van der Waals surface area contributed by atoms with Gasteiger partial charge in [-0.15, -0.1) is 0 Å². The first-order chi connectivity index (χ1) is 9.33. The Morgan fingerprint density at radius 2 is 1.90 bits per heavy atom. The van der Waals surface area contributed by atoms with Gasteiger partial charge in [0.05, 0.1) is 9.85 Å². The first-order valence-corrected chi connectivity index (χ1v) is 5.50. The summed E-state index contributed by atoms with van der Waals surface area (Å²) >= 11 is 0. The molecule has 0 spiro atoms. The molecule has 0 amide bonds. The molecule has 0 saturated carbocycles. The molecule has 1 unspecified atom stereocenters. The summed E-state index contributed by atoms with van der Waals surface area (Å²) in [5, 5.41) is 21.1. The van der Waals surface area contributed by atoms with Gasteiger partial charge in [0, 0.05) is 30.2 Å². The highest BCUT2D eigenvalue weighted by Gasteiger charge is 2.36. The lowest BCUT2D eigenvalue weighted by molar-refractivity contribution is -0.419. The molecule has 0 radical (unpaired) electrons. The number of rotatable bonds is 3. The molecule has 0 saturated heterocycles. The van der Waals surface area contributed by atoms with Crippen LogP contribution in [-0.4, -0.2) is 9.85 Å². The SMILES string of the molecule is O=[N+]([O-])C1=CCC(F)(c2cc([N+](=O)[O-])ccc2F)C=C1. The lowest BCUT2D eigenvalue weighted by Crippen LogP contribution is -2.21. The van der Waals surface area contributed by atoms with Crippen molar-refractivity contribution < 1.29 is 18.6 Å². The van der Waals surface area contributed by atoms with Crippen LogP contribution >= 0.6 is 0 Å². The molecule has 1 aromatic carbocycles. The summed E-state index contributed by atoms with van der Waals surface area (Å²) in [6.07, 6.45) is 2.31. The predicted molar refractivity (Wildman–Crippen MR) is 64.7 cm³/mol. The lowest BCUT2D eigenvalue weighted by Gasteiger charge is -2.22. The van der Waals surface area contributed by atoms with Crippen LogP contribution in [0.25, 0.3) is 0 Å². The van der Waals surface area contributed by atoms with Crippen molar-refractivity contribution in [3.8, 4) is 0 Å². The van der Waals surface area contributed by atoms with Crippen molar-refractivity contribution in [1.29, 1.82) is 0 Å². The Hall–Kier alpha value is -2.64. The highest BCUT2D eigenvalue weighted by atomic mass is 19.1. The summed E-state index contributed by atoms with van der Waals surface area (Å²) in [7, 11) is 0. The molecule has 6 nitrogen and oxygen atoms in total. The molecule has 1 aliphatic rings. The number of nitro groups is 2. The van der Waals surface area contributed by atoms with Gasteiger partial charge in [0.1, 0.15) is 5.82 Å². The number of nitrogens with zero attached hydrogens (tertiary/aromatic N) is 2. The second kappa shape index (κ2) is 4.80. The van der Waals surface area contributed by atoms with Gasteiger partial charge in [-0.3, -0.25) is 20.2 Å². The van der Waals surface area contributed by atoms with Crippen LogP contribution in [0.3, 0.4) is 0 Å². The van der Waals surface area contributed by atoms with Crippen LogP contribution in [0.15, 0.2) is 42.1 Å². The van der Waals surface area contributed by atoms with Crippen LogP contribution < -0.4 is 0 Å². The van der Waals surface area contributed by atoms with Crippen LogP contribution in [0.1, 0.15) is 12.0 Å². The van der Waals surface area contributed by atoms with Crippen LogP contribution in [0, 0.1) is 26.0 Å². The number of hydrogen-bond donors (Lipinski definition) is 0. The van der Waals surface area contributed by atoms with E-state index in [1.54, 1.807) is 0 Å². The largest absolute Gasteiger partial charge is 0.270 e. The summed E-state index contributed by atoms with van der Waals surface area (Å²) in [5.41, 5.74) is -3.60. The van der Waals surface area contributed by atoms with Crippen molar-refractivity contribution >= 4 is 5.69 Å². The molecule has 0 aromatic heterocycles. The topological polar surface area (TPSA) is 86.3 Å². The van der Waals surface area contributed by atoms with Crippen LogP contribution in [0.2, 0.25) is 0 Å². The van der Waals surface area contributed by atoms with Crippen LogP contribution in [0.5, 0.6) is 0 Å². The number of alkyl halides is 1. The molecule has 104 valence electrons. The van der Waals surface area contributed by atoms with E-state index < -0.39 is 39.0 Å². The fourth-order valence-electron chi connectivity index (χ4n) is 1.89. The van der Waals surface area contributed by atoms with Gasteiger partial charge in [-0.1, -0.05) is 0 Å². The quantitative estimate of drug-likeness (QED) is 0.629. The molecule has 0 heterocycles. The number of allylic oxidation sites excluding steroid dienone is 3. The molecule has 8 heteroatoms. The molecule has 1 aliphatic carbocycles. The fourth-order valence-corrected chi connectivity index (χ4v) is 1.89. The Balaban J connectivity index is 2.42. The Labute approximate surface area is 111 Å². The Morgan fingerprint density at radius 1 is 1.20 bits per heavy atom. The van der Waals surface area contributed by atoms with Crippen molar-refractivity contribution in [2.24, 2.45) is 0 Å². The third-order valence-corrected chi connectivity index (χ3v) is 2.95. The molecule has 1 aromatic rings. The maximum absolute atomic E-state index is 14.6. The van der Waals surface area contributed by atoms with E-state index >= 15 is 0 Å². The zero-order valence-electron chi connectivity index (χ0n) is 9.95. The van der Waals surface area contributed by atoms with Gasteiger partial charge in [0.25, 0.3) is 11.4 Å². The minimum Gasteiger partial charge on any atom is -0.258 e. The van der Waals surface area contributed by atoms with Crippen molar-refractivity contribution in [3.63, 3.8) is 0 Å². The van der Waals surface area contributed by atoms with E-state index in [-0.39, 0.29) is 5.70 Å². The van der Waals surface area contributed by atoms with Crippen LogP contribution in [-0.2, 0) is 5.67 Å². The minimum atomic E-state index is -2.34. The summed E-state index contributed by atoms with van der Waals surface area (Å²) in [6, 6.07) is 2.52. The zero-order valence-corrected chi connectivity index (χ0v) is 9.95. The zero-order chi connectivity index (χ0) is 14.9. The van der Waals surface area contributed by atoms with Gasteiger partial charge in [0.2, 0.25) is 0 Å². The minimum absolute atomic E-state index is 0.302. The van der Waals surface area contributed by atoms with Gasteiger partial charge >= 0.3 is 0 Å². The highest BCUT2D eigenvalue weighted by Crippen LogP contribution is 2.38. The van der Waals surface area contributed by atoms with Crippen molar-refractivity contribution in [3.05, 3.63) is 73.7 Å². The molecular formula is C12H8F2N2O4. The summed E-state index contributed by atoms with van der Waals surface area (Å²) in [4.78, 5) is 19.7. The third-order valence-electron chi connectivity index (χ3n) is 2.95. The van der Waals surface area contributed by atoms with Crippen molar-refractivity contribution in [2.45, 2.75) is 12.1 Å². The molecule has 0 fully saturated rings. The van der Waals surface area contributed by atoms with Crippen molar-refractivity contribution in [1.82, 2.24) is 0 Å². The van der Waals surface area contributed by atoms with Gasteiger partial charge in [-0.05, 0) is 18.2 Å². The highest BCUT2D eigenvalue weighted by molar-refractivity contribution is 5.42. The molecule has 0 N–H and O–H groups in total. The van der Waals surface area contributed by atoms with E-state index in [9.17, 15) is 29.0 Å². The van der Waals surface area contributed by atoms with Gasteiger partial charge < -0.3 is 0 Å². The molecule has 0 aliphatic heterocycles. The molecule has 2 rings (SSSR count). The molecular weight excluding hydrogens is 274 g/mol. The smallest absolute Gasteiger partial charge is 0.258 e. The molecule has 1 atom stereocenters. The fraction of sp³-hybridized carbons (Fsp3) is 0.167. The van der Waals surface area contributed by atoms with E-state index in [0.29, 0.717) is 0 Å². The third kappa shape index (κ3) is 2.40. The van der Waals surface area contributed by atoms with E-state index in [4.69, 9.17) is 0 Å². The maximum Gasteiger partial charge on any atom is 0.270 e. The maximum atomic E-state index is 14.6. The predicted octanol–water partition coefficient (Wildman–Crippen LogP) is 3.02. The van der Waals surface area contributed by atoms with Gasteiger partial charge in [-0.25, -0.2) is 8.78 Å². The Bertz CT molecular complexity index is 657. The number of hydrogen-bond acceptors (Lipinski definition) is 4. The number of non-ortho nitro benzene ring substituents is 1. The van der Waals surface area contributed by atoms with E-state index in [2.05, 4.69) is 0 Å². The average molecular weight is 282 g/mol. The van der Waals surface area contributed by atoms with Crippen molar-refractivity contribution in [2.75, 3.05) is 0 Å². The standard InChI is InChI=1S/C12H8F2N2O4/c13-11-2-1-9(16(19)20)7-10(11)12(14)5-3-8(4-6-12)15(17)18/h1-5,7H,6H2. The summed E-state index contributed by atoms with van der Waals surface area (Å²) in [5.74, 6) is -0.944. The number of halogens is 2. The van der Waals surface area contributed by atoms with Crippen LogP contribution in [0.4, 0.5) is 14.5 Å². The Morgan fingerprint density at radius 3 is 2.40 bits per heavy atom. The van der Waals surface area contributed by atoms with E-state index in [1.165, 1.54) is 0 Å². The van der Waals surface area contributed by atoms with E-state index in [1.807, 2.05) is 0 Å². The average Bonchev–Trinajstić information content (AvgIpc) is 2.39. The number of nitro benzene ring substituents is 1. The molecule has 20 heavy (non-hydrogen) atoms. The Kier molecular flexibility index (Phi) is 3.31. The first-order valence-electron chi connectivity index (χ1n) is 5.50. The van der Waals surface area contributed by atoms with Gasteiger partial charge in [-0.2, -0.15) is 0 Å². The number of benzene rings is 1. The molecule has 0 bridgehead atoms. The van der Waals surface area contributed by atoms with E-state index in [0.717, 1.165) is 36.4 Å². The lowest BCUT2D eigenvalue weighted by atomic mass is 9.88. The van der Waals surface area contributed by atoms with Gasteiger partial charge in [0.15, 0.2) is 5.67 Å². The summed E-state index contributed by atoms with van der Waals surface area (Å²) in [6.45, 7) is 0. The summed E-state index contributed by atoms with van der Waals surface area (Å²) < 4.78 is 28.3. The second-order valence-electron chi connectivity index (χ2n) is 4.21.